The third-order valence-electron chi connectivity index (χ3n) is 2.87. The predicted molar refractivity (Wildman–Crippen MR) is 82.9 cm³/mol. The quantitative estimate of drug-likeness (QED) is 0.840. The minimum absolute atomic E-state index is 0.0264. The molecule has 0 aliphatic heterocycles. The molecule has 20 heavy (non-hydrogen) atoms. The largest absolute Gasteiger partial charge is 0.492 e. The van der Waals surface area contributed by atoms with E-state index in [4.69, 9.17) is 4.74 Å². The highest BCUT2D eigenvalue weighted by atomic mass is 32.2. The molecular formula is C15H25NO3S. The van der Waals surface area contributed by atoms with Crippen LogP contribution in [0.25, 0.3) is 0 Å². The Labute approximate surface area is 122 Å². The first-order chi connectivity index (χ1) is 9.23. The first-order valence-electron chi connectivity index (χ1n) is 6.90. The molecule has 114 valence electrons. The van der Waals surface area contributed by atoms with Crippen LogP contribution in [0.1, 0.15) is 33.3 Å². The summed E-state index contributed by atoms with van der Waals surface area (Å²) < 4.78 is 28.5. The van der Waals surface area contributed by atoms with Gasteiger partial charge in [0, 0.05) is 23.4 Å². The van der Waals surface area contributed by atoms with Gasteiger partial charge >= 0.3 is 0 Å². The van der Waals surface area contributed by atoms with Gasteiger partial charge in [-0.15, -0.1) is 0 Å². The maximum Gasteiger partial charge on any atom is 0.153 e. The van der Waals surface area contributed by atoms with Crippen LogP contribution in [-0.2, 0) is 16.4 Å². The third-order valence-corrected chi connectivity index (χ3v) is 4.54. The van der Waals surface area contributed by atoms with E-state index in [0.717, 1.165) is 11.3 Å². The Balaban J connectivity index is 2.62. The van der Waals surface area contributed by atoms with E-state index in [1.54, 1.807) is 6.92 Å². The number of hydrogen-bond acceptors (Lipinski definition) is 4. The topological polar surface area (TPSA) is 55.4 Å². The molecule has 4 nitrogen and oxygen atoms in total. The van der Waals surface area contributed by atoms with E-state index in [1.165, 1.54) is 0 Å². The van der Waals surface area contributed by atoms with Gasteiger partial charge in [-0.05, 0) is 26.8 Å². The second kappa shape index (κ2) is 7.09. The van der Waals surface area contributed by atoms with Gasteiger partial charge in [0.2, 0.25) is 0 Å². The lowest BCUT2D eigenvalue weighted by molar-refractivity contribution is 0.333. The first-order valence-corrected chi connectivity index (χ1v) is 8.72. The summed E-state index contributed by atoms with van der Waals surface area (Å²) in [6.45, 7) is 8.85. The third kappa shape index (κ3) is 6.39. The Hall–Kier alpha value is -1.07. The molecule has 0 fully saturated rings. The van der Waals surface area contributed by atoms with E-state index in [0.29, 0.717) is 6.54 Å². The summed E-state index contributed by atoms with van der Waals surface area (Å²) in [6.07, 6.45) is 0. The molecule has 5 heteroatoms. The average Bonchev–Trinajstić information content (AvgIpc) is 2.36. The zero-order valence-electron chi connectivity index (χ0n) is 12.8. The van der Waals surface area contributed by atoms with E-state index in [-0.39, 0.29) is 23.7 Å². The SMILES string of the molecule is CCS(=O)(=O)CCOc1ccccc1CNC(C)(C)C. The summed E-state index contributed by atoms with van der Waals surface area (Å²) in [5.41, 5.74) is 1.06. The van der Waals surface area contributed by atoms with Crippen molar-refractivity contribution in [3.63, 3.8) is 0 Å². The fraction of sp³-hybridized carbons (Fsp3) is 0.600. The van der Waals surface area contributed by atoms with E-state index in [1.807, 2.05) is 24.3 Å². The summed E-state index contributed by atoms with van der Waals surface area (Å²) >= 11 is 0. The summed E-state index contributed by atoms with van der Waals surface area (Å²) in [7, 11) is -2.98. The molecule has 0 heterocycles. The average molecular weight is 299 g/mol. The van der Waals surface area contributed by atoms with Crippen molar-refractivity contribution in [2.75, 3.05) is 18.1 Å². The van der Waals surface area contributed by atoms with Crippen LogP contribution < -0.4 is 10.1 Å². The van der Waals surface area contributed by atoms with E-state index >= 15 is 0 Å². The predicted octanol–water partition coefficient (Wildman–Crippen LogP) is 2.39. The first kappa shape index (κ1) is 17.0. The van der Waals surface area contributed by atoms with E-state index in [2.05, 4.69) is 26.1 Å². The normalized spacial score (nSPS) is 12.4. The Morgan fingerprint density at radius 1 is 1.20 bits per heavy atom. The van der Waals surface area contributed by atoms with Gasteiger partial charge in [0.05, 0.1) is 5.75 Å². The highest BCUT2D eigenvalue weighted by molar-refractivity contribution is 7.91. The molecule has 0 unspecified atom stereocenters. The number of ether oxygens (including phenoxy) is 1. The van der Waals surface area contributed by atoms with Crippen LogP contribution in [0.4, 0.5) is 0 Å². The molecule has 0 saturated carbocycles. The standard InChI is InChI=1S/C15H25NO3S/c1-5-20(17,18)11-10-19-14-9-7-6-8-13(14)12-16-15(2,3)4/h6-9,16H,5,10-12H2,1-4H3. The molecule has 0 spiro atoms. The van der Waals surface area contributed by atoms with Gasteiger partial charge < -0.3 is 10.1 Å². The van der Waals surface area contributed by atoms with Crippen molar-refractivity contribution in [2.45, 2.75) is 39.8 Å². The van der Waals surface area contributed by atoms with Gasteiger partial charge in [0.1, 0.15) is 12.4 Å². The molecule has 1 aromatic rings. The van der Waals surface area contributed by atoms with Gasteiger partial charge in [-0.25, -0.2) is 8.42 Å². The fourth-order valence-electron chi connectivity index (χ4n) is 1.57. The molecule has 1 rings (SSSR count). The summed E-state index contributed by atoms with van der Waals surface area (Å²) in [6, 6.07) is 7.71. The van der Waals surface area contributed by atoms with Crippen LogP contribution in [0.2, 0.25) is 0 Å². The summed E-state index contributed by atoms with van der Waals surface area (Å²) in [5.74, 6) is 0.962. The molecule has 0 aliphatic rings. The van der Waals surface area contributed by atoms with E-state index < -0.39 is 9.84 Å². The second-order valence-electron chi connectivity index (χ2n) is 5.80. The Morgan fingerprint density at radius 3 is 2.45 bits per heavy atom. The summed E-state index contributed by atoms with van der Waals surface area (Å²) in [4.78, 5) is 0. The van der Waals surface area contributed by atoms with Gasteiger partial charge in [-0.1, -0.05) is 25.1 Å². The van der Waals surface area contributed by atoms with Crippen molar-refractivity contribution < 1.29 is 13.2 Å². The maximum absolute atomic E-state index is 11.4. The molecule has 0 aromatic heterocycles. The van der Waals surface area contributed by atoms with Gasteiger partial charge in [-0.3, -0.25) is 0 Å². The number of benzene rings is 1. The summed E-state index contributed by atoms with van der Waals surface area (Å²) in [5, 5.41) is 3.40. The van der Waals surface area contributed by atoms with Crippen molar-refractivity contribution in [1.29, 1.82) is 0 Å². The Bertz CT molecular complexity index is 518. The molecule has 1 N–H and O–H groups in total. The number of sulfone groups is 1. The molecule has 0 saturated heterocycles. The van der Waals surface area contributed by atoms with Crippen LogP contribution in [0.5, 0.6) is 5.75 Å². The van der Waals surface area contributed by atoms with Crippen LogP contribution in [0.3, 0.4) is 0 Å². The van der Waals surface area contributed by atoms with Crippen molar-refractivity contribution in [2.24, 2.45) is 0 Å². The molecule has 0 atom stereocenters. The van der Waals surface area contributed by atoms with Gasteiger partial charge in [0.15, 0.2) is 9.84 Å². The number of para-hydroxylation sites is 1. The number of nitrogens with one attached hydrogen (secondary N) is 1. The Morgan fingerprint density at radius 2 is 1.85 bits per heavy atom. The van der Waals surface area contributed by atoms with Crippen molar-refractivity contribution in [3.05, 3.63) is 29.8 Å². The van der Waals surface area contributed by atoms with Crippen molar-refractivity contribution in [1.82, 2.24) is 5.32 Å². The number of hydrogen-bond donors (Lipinski definition) is 1. The molecule has 0 radical (unpaired) electrons. The molecule has 0 aliphatic carbocycles. The lowest BCUT2D eigenvalue weighted by atomic mass is 10.1. The second-order valence-corrected chi connectivity index (χ2v) is 8.27. The van der Waals surface area contributed by atoms with Crippen LogP contribution in [-0.4, -0.2) is 32.1 Å². The minimum atomic E-state index is -2.98. The highest BCUT2D eigenvalue weighted by Crippen LogP contribution is 2.18. The van der Waals surface area contributed by atoms with Gasteiger partial charge in [0.25, 0.3) is 0 Å². The molecule has 0 bridgehead atoms. The van der Waals surface area contributed by atoms with Crippen LogP contribution in [0.15, 0.2) is 24.3 Å². The van der Waals surface area contributed by atoms with Crippen molar-refractivity contribution in [3.8, 4) is 5.75 Å². The molecular weight excluding hydrogens is 274 g/mol. The smallest absolute Gasteiger partial charge is 0.153 e. The maximum atomic E-state index is 11.4. The zero-order valence-corrected chi connectivity index (χ0v) is 13.6. The van der Waals surface area contributed by atoms with E-state index in [9.17, 15) is 8.42 Å². The molecule has 0 amide bonds. The molecule has 1 aromatic carbocycles. The highest BCUT2D eigenvalue weighted by Gasteiger charge is 2.12. The van der Waals surface area contributed by atoms with Crippen LogP contribution >= 0.6 is 0 Å². The van der Waals surface area contributed by atoms with Crippen molar-refractivity contribution >= 4 is 9.84 Å². The minimum Gasteiger partial charge on any atom is -0.492 e. The monoisotopic (exact) mass is 299 g/mol. The number of rotatable bonds is 7. The fourth-order valence-corrected chi connectivity index (χ4v) is 2.20. The lowest BCUT2D eigenvalue weighted by Gasteiger charge is -2.21. The Kier molecular flexibility index (Phi) is 6.02. The van der Waals surface area contributed by atoms with Crippen LogP contribution in [0, 0.1) is 0 Å². The van der Waals surface area contributed by atoms with Gasteiger partial charge in [-0.2, -0.15) is 0 Å². The zero-order chi connectivity index (χ0) is 15.2. The lowest BCUT2D eigenvalue weighted by Crippen LogP contribution is -2.35.